The molecule has 1 fully saturated rings. The van der Waals surface area contributed by atoms with E-state index in [-0.39, 0.29) is 30.1 Å². The Morgan fingerprint density at radius 2 is 1.71 bits per heavy atom. The van der Waals surface area contributed by atoms with Crippen molar-refractivity contribution < 1.29 is 9.59 Å². The number of piperidine rings is 1. The van der Waals surface area contributed by atoms with Crippen molar-refractivity contribution in [3.8, 4) is 5.69 Å². The van der Waals surface area contributed by atoms with Gasteiger partial charge in [-0.3, -0.25) is 9.59 Å². The normalized spacial score (nSPS) is 14.8. The maximum absolute atomic E-state index is 12.5. The molecular formula is C22H30N4O2. The Morgan fingerprint density at radius 1 is 1.04 bits per heavy atom. The molecule has 3 rings (SSSR count). The Hall–Kier alpha value is -2.63. The van der Waals surface area contributed by atoms with Gasteiger partial charge in [0.2, 0.25) is 11.8 Å². The van der Waals surface area contributed by atoms with Gasteiger partial charge in [0.25, 0.3) is 0 Å². The summed E-state index contributed by atoms with van der Waals surface area (Å²) in [6.07, 6.45) is 3.73. The molecule has 150 valence electrons. The Morgan fingerprint density at radius 3 is 2.36 bits per heavy atom. The van der Waals surface area contributed by atoms with Crippen LogP contribution in [-0.2, 0) is 15.0 Å². The standard InChI is InChI=1S/C22H30N4O2/c1-22(2,3)18-16-19(26(24-18)17-10-6-4-7-11-17)23-20(27)12-13-21(28)25-14-8-5-9-15-25/h4,6-7,10-11,16H,5,8-9,12-15H2,1-3H3,(H,23,27). The number of anilines is 1. The number of rotatable bonds is 5. The summed E-state index contributed by atoms with van der Waals surface area (Å²) in [5, 5.41) is 7.65. The second-order valence-electron chi connectivity index (χ2n) is 8.40. The number of aromatic nitrogens is 2. The molecule has 0 radical (unpaired) electrons. The first-order chi connectivity index (χ1) is 13.3. The largest absolute Gasteiger partial charge is 0.343 e. The predicted octanol–water partition coefficient (Wildman–Crippen LogP) is 3.90. The van der Waals surface area contributed by atoms with Gasteiger partial charge in [0.1, 0.15) is 5.82 Å². The van der Waals surface area contributed by atoms with Gasteiger partial charge in [-0.05, 0) is 31.4 Å². The molecule has 1 aromatic carbocycles. The van der Waals surface area contributed by atoms with Crippen LogP contribution in [0.4, 0.5) is 5.82 Å². The van der Waals surface area contributed by atoms with E-state index in [1.165, 1.54) is 6.42 Å². The highest BCUT2D eigenvalue weighted by molar-refractivity contribution is 5.92. The molecule has 6 heteroatoms. The van der Waals surface area contributed by atoms with E-state index in [0.717, 1.165) is 37.3 Å². The maximum atomic E-state index is 12.5. The molecule has 0 saturated carbocycles. The van der Waals surface area contributed by atoms with Crippen LogP contribution in [0.15, 0.2) is 36.4 Å². The van der Waals surface area contributed by atoms with E-state index in [0.29, 0.717) is 5.82 Å². The summed E-state index contributed by atoms with van der Waals surface area (Å²) in [7, 11) is 0. The van der Waals surface area contributed by atoms with Crippen LogP contribution in [0.5, 0.6) is 0 Å². The third kappa shape index (κ3) is 5.00. The SMILES string of the molecule is CC(C)(C)c1cc(NC(=O)CCC(=O)N2CCCCC2)n(-c2ccccc2)n1. The number of hydrogen-bond donors (Lipinski definition) is 1. The molecular weight excluding hydrogens is 352 g/mol. The number of para-hydroxylation sites is 1. The van der Waals surface area contributed by atoms with E-state index < -0.39 is 0 Å². The van der Waals surface area contributed by atoms with Crippen molar-refractivity contribution in [1.82, 2.24) is 14.7 Å². The van der Waals surface area contributed by atoms with Crippen LogP contribution in [-0.4, -0.2) is 39.6 Å². The first kappa shape index (κ1) is 20.1. The lowest BCUT2D eigenvalue weighted by atomic mass is 9.92. The van der Waals surface area contributed by atoms with Gasteiger partial charge in [0.05, 0.1) is 11.4 Å². The van der Waals surface area contributed by atoms with Crippen LogP contribution in [0.1, 0.15) is 58.6 Å². The fourth-order valence-electron chi connectivity index (χ4n) is 3.33. The Balaban J connectivity index is 1.69. The van der Waals surface area contributed by atoms with Gasteiger partial charge in [0.15, 0.2) is 0 Å². The number of likely N-dealkylation sites (tertiary alicyclic amines) is 1. The average molecular weight is 383 g/mol. The van der Waals surface area contributed by atoms with Gasteiger partial charge in [-0.1, -0.05) is 39.0 Å². The van der Waals surface area contributed by atoms with Gasteiger partial charge in [-0.15, -0.1) is 0 Å². The first-order valence-electron chi connectivity index (χ1n) is 10.1. The minimum Gasteiger partial charge on any atom is -0.343 e. The molecule has 28 heavy (non-hydrogen) atoms. The Bertz CT molecular complexity index is 815. The number of benzene rings is 1. The second kappa shape index (κ2) is 8.59. The lowest BCUT2D eigenvalue weighted by molar-refractivity contribution is -0.133. The number of amides is 2. The highest BCUT2D eigenvalue weighted by Crippen LogP contribution is 2.26. The first-order valence-corrected chi connectivity index (χ1v) is 10.1. The zero-order valence-electron chi connectivity index (χ0n) is 17.1. The molecule has 1 aromatic heterocycles. The van der Waals surface area contributed by atoms with E-state index in [9.17, 15) is 9.59 Å². The van der Waals surface area contributed by atoms with Crippen molar-refractivity contribution >= 4 is 17.6 Å². The number of carbonyl (C=O) groups is 2. The summed E-state index contributed by atoms with van der Waals surface area (Å²) < 4.78 is 1.75. The van der Waals surface area contributed by atoms with Crippen LogP contribution < -0.4 is 5.32 Å². The monoisotopic (exact) mass is 382 g/mol. The van der Waals surface area contributed by atoms with E-state index in [1.54, 1.807) is 4.68 Å². The molecule has 0 atom stereocenters. The smallest absolute Gasteiger partial charge is 0.226 e. The maximum Gasteiger partial charge on any atom is 0.226 e. The number of hydrogen-bond acceptors (Lipinski definition) is 3. The highest BCUT2D eigenvalue weighted by Gasteiger charge is 2.22. The van der Waals surface area contributed by atoms with Crippen molar-refractivity contribution in [1.29, 1.82) is 0 Å². The van der Waals surface area contributed by atoms with E-state index in [1.807, 2.05) is 41.3 Å². The molecule has 1 aliphatic heterocycles. The van der Waals surface area contributed by atoms with Gasteiger partial charge >= 0.3 is 0 Å². The molecule has 0 unspecified atom stereocenters. The topological polar surface area (TPSA) is 67.2 Å². The number of nitrogens with zero attached hydrogens (tertiary/aromatic N) is 3. The lowest BCUT2D eigenvalue weighted by Gasteiger charge is -2.26. The fraction of sp³-hybridized carbons (Fsp3) is 0.500. The molecule has 2 amide bonds. The lowest BCUT2D eigenvalue weighted by Crippen LogP contribution is -2.36. The third-order valence-electron chi connectivity index (χ3n) is 5.02. The van der Waals surface area contributed by atoms with Gasteiger partial charge in [-0.2, -0.15) is 5.10 Å². The second-order valence-corrected chi connectivity index (χ2v) is 8.40. The van der Waals surface area contributed by atoms with Crippen LogP contribution in [0.3, 0.4) is 0 Å². The van der Waals surface area contributed by atoms with Gasteiger partial charge in [-0.25, -0.2) is 4.68 Å². The molecule has 1 saturated heterocycles. The average Bonchev–Trinajstić information content (AvgIpc) is 3.11. The minimum atomic E-state index is -0.164. The molecule has 0 aliphatic carbocycles. The third-order valence-corrected chi connectivity index (χ3v) is 5.02. The summed E-state index contributed by atoms with van der Waals surface area (Å²) in [5.41, 5.74) is 1.65. The van der Waals surface area contributed by atoms with Crippen LogP contribution in [0, 0.1) is 0 Å². The van der Waals surface area contributed by atoms with Crippen molar-refractivity contribution in [2.45, 2.75) is 58.3 Å². The van der Waals surface area contributed by atoms with Crippen LogP contribution in [0.25, 0.3) is 5.69 Å². The van der Waals surface area contributed by atoms with E-state index in [2.05, 4.69) is 26.1 Å². The minimum absolute atomic E-state index is 0.0711. The Labute approximate surface area is 166 Å². The molecule has 0 spiro atoms. The molecule has 1 N–H and O–H groups in total. The van der Waals surface area contributed by atoms with Crippen molar-refractivity contribution in [2.75, 3.05) is 18.4 Å². The molecule has 1 aliphatic rings. The quantitative estimate of drug-likeness (QED) is 0.853. The summed E-state index contributed by atoms with van der Waals surface area (Å²) in [6.45, 7) is 7.90. The summed E-state index contributed by atoms with van der Waals surface area (Å²) in [5.74, 6) is 0.538. The van der Waals surface area contributed by atoms with Crippen molar-refractivity contribution in [3.63, 3.8) is 0 Å². The fourth-order valence-corrected chi connectivity index (χ4v) is 3.33. The molecule has 0 bridgehead atoms. The summed E-state index contributed by atoms with van der Waals surface area (Å²) in [4.78, 5) is 26.7. The van der Waals surface area contributed by atoms with E-state index >= 15 is 0 Å². The zero-order chi connectivity index (χ0) is 20.1. The molecule has 6 nitrogen and oxygen atoms in total. The van der Waals surface area contributed by atoms with Crippen molar-refractivity contribution in [2.24, 2.45) is 0 Å². The van der Waals surface area contributed by atoms with Gasteiger partial charge in [0, 0.05) is 37.4 Å². The highest BCUT2D eigenvalue weighted by atomic mass is 16.2. The predicted molar refractivity (Wildman–Crippen MR) is 111 cm³/mol. The van der Waals surface area contributed by atoms with Crippen LogP contribution >= 0.6 is 0 Å². The summed E-state index contributed by atoms with van der Waals surface area (Å²) in [6, 6.07) is 11.6. The van der Waals surface area contributed by atoms with E-state index in [4.69, 9.17) is 5.10 Å². The number of carbonyl (C=O) groups excluding carboxylic acids is 2. The zero-order valence-corrected chi connectivity index (χ0v) is 17.1. The van der Waals surface area contributed by atoms with Crippen molar-refractivity contribution in [3.05, 3.63) is 42.1 Å². The van der Waals surface area contributed by atoms with Gasteiger partial charge < -0.3 is 10.2 Å². The molecule has 2 aromatic rings. The van der Waals surface area contributed by atoms with Crippen LogP contribution in [0.2, 0.25) is 0 Å². The molecule has 2 heterocycles. The summed E-state index contributed by atoms with van der Waals surface area (Å²) >= 11 is 0. The number of nitrogens with one attached hydrogen (secondary N) is 1. The Kier molecular flexibility index (Phi) is 6.17.